The molecule has 0 atom stereocenters. The van der Waals surface area contributed by atoms with E-state index in [1.807, 2.05) is 51.1 Å². The topological polar surface area (TPSA) is 52.6 Å². The molecule has 0 unspecified atom stereocenters. The zero-order chi connectivity index (χ0) is 23.5. The molecule has 0 spiro atoms. The van der Waals surface area contributed by atoms with Crippen molar-refractivity contribution in [3.05, 3.63) is 71.8 Å². The van der Waals surface area contributed by atoms with Crippen molar-refractivity contribution in [2.75, 3.05) is 0 Å². The van der Waals surface area contributed by atoms with Crippen molar-refractivity contribution in [3.8, 4) is 11.5 Å². The number of rotatable bonds is 8. The molecule has 3 aromatic rings. The smallest absolute Gasteiger partial charge is 0.343 e. The van der Waals surface area contributed by atoms with Gasteiger partial charge in [-0.05, 0) is 73.9 Å². The van der Waals surface area contributed by atoms with Gasteiger partial charge in [-0.3, -0.25) is 4.79 Å². The van der Waals surface area contributed by atoms with E-state index >= 15 is 0 Å². The molecule has 4 nitrogen and oxygen atoms in total. The quantitative estimate of drug-likeness (QED) is 0.214. The Morgan fingerprint density at radius 1 is 0.719 bits per heavy atom. The van der Waals surface area contributed by atoms with E-state index in [-0.39, 0.29) is 11.4 Å². The Labute approximate surface area is 190 Å². The van der Waals surface area contributed by atoms with Crippen LogP contribution in [0.1, 0.15) is 75.1 Å². The van der Waals surface area contributed by atoms with Crippen molar-refractivity contribution in [3.63, 3.8) is 0 Å². The monoisotopic (exact) mass is 432 g/mol. The summed E-state index contributed by atoms with van der Waals surface area (Å²) in [5.41, 5.74) is 0.352. The van der Waals surface area contributed by atoms with Gasteiger partial charge in [0, 0.05) is 11.0 Å². The first kappa shape index (κ1) is 23.5. The minimum atomic E-state index is -0.456. The number of hydrogen-bond donors (Lipinski definition) is 0. The van der Waals surface area contributed by atoms with Gasteiger partial charge in [-0.15, -0.1) is 0 Å². The molecule has 0 amide bonds. The molecule has 0 fully saturated rings. The fraction of sp³-hybridized carbons (Fsp3) is 0.357. The summed E-state index contributed by atoms with van der Waals surface area (Å²) in [5, 5.41) is 1.97. The van der Waals surface area contributed by atoms with Gasteiger partial charge in [0.05, 0.1) is 5.56 Å². The maximum absolute atomic E-state index is 12.6. The van der Waals surface area contributed by atoms with E-state index in [0.717, 1.165) is 29.4 Å². The molecule has 0 heterocycles. The highest BCUT2D eigenvalue weighted by molar-refractivity contribution is 6.01. The summed E-state index contributed by atoms with van der Waals surface area (Å²) in [6.45, 7) is 12.1. The van der Waals surface area contributed by atoms with E-state index in [1.54, 1.807) is 30.3 Å². The first-order valence-corrected chi connectivity index (χ1v) is 11.1. The summed E-state index contributed by atoms with van der Waals surface area (Å²) in [4.78, 5) is 25.2. The van der Waals surface area contributed by atoms with Crippen LogP contribution in [0.2, 0.25) is 0 Å². The Kier molecular flexibility index (Phi) is 6.73. The maximum atomic E-state index is 12.6. The van der Waals surface area contributed by atoms with Gasteiger partial charge in [0.2, 0.25) is 0 Å². The lowest BCUT2D eigenvalue weighted by Gasteiger charge is -2.25. The molecule has 0 aliphatic heterocycles. The van der Waals surface area contributed by atoms with E-state index < -0.39 is 11.4 Å². The summed E-state index contributed by atoms with van der Waals surface area (Å²) in [7, 11) is 0. The van der Waals surface area contributed by atoms with Gasteiger partial charge in [-0.25, -0.2) is 4.79 Å². The molecule has 32 heavy (non-hydrogen) atoms. The molecule has 0 aromatic heterocycles. The molecule has 3 aromatic carbocycles. The highest BCUT2D eigenvalue weighted by Crippen LogP contribution is 2.29. The second kappa shape index (κ2) is 9.15. The van der Waals surface area contributed by atoms with Crippen LogP contribution in [0.15, 0.2) is 60.7 Å². The first-order valence-electron chi connectivity index (χ1n) is 11.1. The molecule has 168 valence electrons. The van der Waals surface area contributed by atoms with Crippen LogP contribution >= 0.6 is 0 Å². The Hall–Kier alpha value is -3.14. The second-order valence-electron chi connectivity index (χ2n) is 9.42. The Morgan fingerprint density at radius 3 is 1.81 bits per heavy atom. The van der Waals surface area contributed by atoms with Gasteiger partial charge < -0.3 is 9.47 Å². The molecule has 3 rings (SSSR count). The number of benzene rings is 3. The molecule has 4 heteroatoms. The standard InChI is InChI=1S/C28H32O4/c1-7-27(3,4)25(29)19-9-11-20(12-10-19)26(30)31-23-15-13-22-18-24(16-14-21(22)17-23)32-28(5,6)8-2/h9-18H,7-8H2,1-6H3. The second-order valence-corrected chi connectivity index (χ2v) is 9.42. The van der Waals surface area contributed by atoms with Gasteiger partial charge in [0.15, 0.2) is 5.78 Å². The molecular weight excluding hydrogens is 400 g/mol. The molecule has 0 bridgehead atoms. The summed E-state index contributed by atoms with van der Waals surface area (Å²) in [6, 6.07) is 18.1. The van der Waals surface area contributed by atoms with Crippen LogP contribution in [0, 0.1) is 5.41 Å². The van der Waals surface area contributed by atoms with Gasteiger partial charge in [-0.2, -0.15) is 0 Å². The van der Waals surface area contributed by atoms with Gasteiger partial charge >= 0.3 is 5.97 Å². The normalized spacial score (nSPS) is 11.9. The van der Waals surface area contributed by atoms with Crippen LogP contribution < -0.4 is 9.47 Å². The van der Waals surface area contributed by atoms with Crippen molar-refractivity contribution < 1.29 is 19.1 Å². The van der Waals surface area contributed by atoms with Crippen LogP contribution in [0.25, 0.3) is 10.8 Å². The van der Waals surface area contributed by atoms with Crippen LogP contribution in [0.3, 0.4) is 0 Å². The average molecular weight is 433 g/mol. The van der Waals surface area contributed by atoms with Crippen LogP contribution in [0.4, 0.5) is 0 Å². The lowest BCUT2D eigenvalue weighted by atomic mass is 9.82. The highest BCUT2D eigenvalue weighted by Gasteiger charge is 2.26. The van der Waals surface area contributed by atoms with Crippen molar-refractivity contribution >= 4 is 22.5 Å². The van der Waals surface area contributed by atoms with E-state index in [9.17, 15) is 9.59 Å². The summed E-state index contributed by atoms with van der Waals surface area (Å²) in [5.74, 6) is 0.898. The van der Waals surface area contributed by atoms with Crippen molar-refractivity contribution in [2.45, 2.75) is 60.0 Å². The zero-order valence-electron chi connectivity index (χ0n) is 19.8. The number of ketones is 1. The number of fused-ring (bicyclic) bond motifs is 1. The van der Waals surface area contributed by atoms with Gasteiger partial charge in [0.25, 0.3) is 0 Å². The predicted molar refractivity (Wildman–Crippen MR) is 129 cm³/mol. The van der Waals surface area contributed by atoms with E-state index in [2.05, 4.69) is 20.8 Å². The average Bonchev–Trinajstić information content (AvgIpc) is 2.78. The molecule has 0 saturated carbocycles. The number of ether oxygens (including phenoxy) is 2. The van der Waals surface area contributed by atoms with Crippen molar-refractivity contribution in [1.29, 1.82) is 0 Å². The molecule has 0 saturated heterocycles. The molecule has 0 N–H and O–H groups in total. The van der Waals surface area contributed by atoms with Gasteiger partial charge in [-0.1, -0.05) is 52.0 Å². The largest absolute Gasteiger partial charge is 0.488 e. The minimum Gasteiger partial charge on any atom is -0.488 e. The SMILES string of the molecule is CCC(C)(C)Oc1ccc2cc(OC(=O)c3ccc(C(=O)C(C)(C)CC)cc3)ccc2c1. The lowest BCUT2D eigenvalue weighted by Crippen LogP contribution is -2.26. The number of Topliss-reactive ketones (excluding diaryl/α,β-unsaturated/α-hetero) is 1. The molecule has 0 radical (unpaired) electrons. The predicted octanol–water partition coefficient (Wildman–Crippen LogP) is 7.25. The number of hydrogen-bond acceptors (Lipinski definition) is 4. The van der Waals surface area contributed by atoms with E-state index in [1.165, 1.54) is 0 Å². The Bertz CT molecular complexity index is 1120. The molecule has 0 aliphatic rings. The first-order chi connectivity index (χ1) is 15.0. The highest BCUT2D eigenvalue weighted by atomic mass is 16.5. The lowest BCUT2D eigenvalue weighted by molar-refractivity contribution is 0.0733. The summed E-state index contributed by atoms with van der Waals surface area (Å²) in [6.07, 6.45) is 1.66. The van der Waals surface area contributed by atoms with Crippen LogP contribution in [-0.2, 0) is 0 Å². The van der Waals surface area contributed by atoms with E-state index in [0.29, 0.717) is 16.9 Å². The summed E-state index contributed by atoms with van der Waals surface area (Å²) >= 11 is 0. The summed E-state index contributed by atoms with van der Waals surface area (Å²) < 4.78 is 11.6. The number of carbonyl (C=O) groups excluding carboxylic acids is 2. The molecular formula is C28H32O4. The maximum Gasteiger partial charge on any atom is 0.343 e. The van der Waals surface area contributed by atoms with Crippen LogP contribution in [0.5, 0.6) is 11.5 Å². The Balaban J connectivity index is 1.73. The minimum absolute atomic E-state index is 0.0696. The third-order valence-electron chi connectivity index (χ3n) is 6.12. The fourth-order valence-corrected chi connectivity index (χ4v) is 3.20. The van der Waals surface area contributed by atoms with E-state index in [4.69, 9.17) is 9.47 Å². The number of esters is 1. The van der Waals surface area contributed by atoms with Gasteiger partial charge in [0.1, 0.15) is 17.1 Å². The van der Waals surface area contributed by atoms with Crippen molar-refractivity contribution in [2.24, 2.45) is 5.41 Å². The number of carbonyl (C=O) groups is 2. The zero-order valence-corrected chi connectivity index (χ0v) is 19.8. The third-order valence-corrected chi connectivity index (χ3v) is 6.12. The van der Waals surface area contributed by atoms with Crippen LogP contribution in [-0.4, -0.2) is 17.4 Å². The Morgan fingerprint density at radius 2 is 1.25 bits per heavy atom. The van der Waals surface area contributed by atoms with Crippen molar-refractivity contribution in [1.82, 2.24) is 0 Å². The fourth-order valence-electron chi connectivity index (χ4n) is 3.20. The third kappa shape index (κ3) is 5.37. The molecule has 0 aliphatic carbocycles.